The molecule has 1 aromatic rings. The maximum Gasteiger partial charge on any atom is 0.434 e. The second kappa shape index (κ2) is 7.31. The van der Waals surface area contributed by atoms with E-state index in [-0.39, 0.29) is 47.9 Å². The van der Waals surface area contributed by atoms with Crippen LogP contribution in [0.4, 0.5) is 19.1 Å². The van der Waals surface area contributed by atoms with Crippen molar-refractivity contribution in [3.63, 3.8) is 0 Å². The molecular formula is C20H27F3N4O3S. The van der Waals surface area contributed by atoms with Gasteiger partial charge in [0, 0.05) is 25.3 Å². The van der Waals surface area contributed by atoms with Gasteiger partial charge >= 0.3 is 6.18 Å². The zero-order chi connectivity index (χ0) is 22.8. The van der Waals surface area contributed by atoms with E-state index in [1.165, 1.54) is 0 Å². The molecule has 11 heteroatoms. The van der Waals surface area contributed by atoms with Crippen molar-refractivity contribution in [1.82, 2.24) is 14.9 Å². The van der Waals surface area contributed by atoms with Crippen LogP contribution in [-0.4, -0.2) is 59.8 Å². The molecule has 3 aliphatic carbocycles. The van der Waals surface area contributed by atoms with Crippen molar-refractivity contribution in [3.05, 3.63) is 17.5 Å². The molecule has 4 aliphatic rings. The molecule has 2 bridgehead atoms. The fourth-order valence-corrected chi connectivity index (χ4v) is 6.62. The molecule has 172 valence electrons. The Balaban J connectivity index is 1.55. The van der Waals surface area contributed by atoms with E-state index in [0.717, 1.165) is 23.9 Å². The van der Waals surface area contributed by atoms with Gasteiger partial charge in [0.05, 0.1) is 17.1 Å². The number of alkyl halides is 3. The smallest absolute Gasteiger partial charge is 0.351 e. The average molecular weight is 461 g/mol. The van der Waals surface area contributed by atoms with Crippen molar-refractivity contribution in [2.24, 2.45) is 23.2 Å². The first-order valence-corrected chi connectivity index (χ1v) is 12.3. The highest BCUT2D eigenvalue weighted by Gasteiger charge is 2.56. The Hall–Kier alpha value is -1.91. The molecule has 7 nitrogen and oxygen atoms in total. The number of amides is 1. The monoisotopic (exact) mass is 460 g/mol. The average Bonchev–Trinajstić information content (AvgIpc) is 2.68. The number of hydrogen-bond donors (Lipinski definition) is 1. The van der Waals surface area contributed by atoms with Gasteiger partial charge < -0.3 is 10.2 Å². The summed E-state index contributed by atoms with van der Waals surface area (Å²) in [4.78, 5) is 21.5. The second-order valence-corrected chi connectivity index (χ2v) is 11.9. The molecule has 1 aliphatic heterocycles. The number of anilines is 1. The lowest BCUT2D eigenvalue weighted by Crippen LogP contribution is -2.58. The number of sulfone groups is 1. The van der Waals surface area contributed by atoms with Crippen LogP contribution in [-0.2, 0) is 16.0 Å². The number of rotatable bonds is 3. The van der Waals surface area contributed by atoms with Gasteiger partial charge in [-0.15, -0.1) is 0 Å². The van der Waals surface area contributed by atoms with E-state index in [9.17, 15) is 26.4 Å². The van der Waals surface area contributed by atoms with Crippen LogP contribution in [0.25, 0.3) is 0 Å². The van der Waals surface area contributed by atoms with Crippen molar-refractivity contribution in [2.75, 3.05) is 29.9 Å². The van der Waals surface area contributed by atoms with Gasteiger partial charge in [-0.3, -0.25) is 4.79 Å². The molecule has 31 heavy (non-hydrogen) atoms. The quantitative estimate of drug-likeness (QED) is 0.746. The van der Waals surface area contributed by atoms with Crippen LogP contribution in [0, 0.1) is 23.2 Å². The Bertz CT molecular complexity index is 982. The summed E-state index contributed by atoms with van der Waals surface area (Å²) in [7, 11) is -3.27. The summed E-state index contributed by atoms with van der Waals surface area (Å²) in [5.41, 5.74) is -1.70. The van der Waals surface area contributed by atoms with Gasteiger partial charge in [0.25, 0.3) is 5.91 Å². The number of carbonyl (C=O) groups excluding carboxylic acids is 1. The fourth-order valence-electron chi connectivity index (χ4n) is 5.42. The maximum absolute atomic E-state index is 13.7. The van der Waals surface area contributed by atoms with Crippen molar-refractivity contribution in [1.29, 1.82) is 0 Å². The molecule has 0 unspecified atom stereocenters. The van der Waals surface area contributed by atoms with Gasteiger partial charge in [0.15, 0.2) is 15.5 Å². The summed E-state index contributed by atoms with van der Waals surface area (Å²) in [5.74, 6) is -0.275. The molecule has 0 aromatic carbocycles. The third-order valence-electron chi connectivity index (χ3n) is 7.59. The molecule has 1 saturated heterocycles. The van der Waals surface area contributed by atoms with E-state index in [0.29, 0.717) is 11.8 Å². The fraction of sp³-hybridized carbons (Fsp3) is 0.750. The van der Waals surface area contributed by atoms with Gasteiger partial charge in [-0.1, -0.05) is 20.8 Å². The standard InChI is InChI=1S/C20H27F3N4O3S/c1-11-14-8-12(19(14,2)3)9-15(11)25-18-24-10-13(16(26-18)20(21,22)23)17(28)27-4-6-31(29,30)7-5-27/h10-12,14-15H,4-9H2,1-3H3,(H,24,25,26)/t11-,12-,14+,15-/m0/s1. The lowest BCUT2D eigenvalue weighted by Gasteiger charge is -2.62. The number of nitrogens with one attached hydrogen (secondary N) is 1. The Kier molecular flexibility index (Phi) is 5.26. The largest absolute Gasteiger partial charge is 0.434 e. The van der Waals surface area contributed by atoms with E-state index >= 15 is 0 Å². The third-order valence-corrected chi connectivity index (χ3v) is 9.20. The predicted octanol–water partition coefficient (Wildman–Crippen LogP) is 2.85. The van der Waals surface area contributed by atoms with Crippen molar-refractivity contribution in [2.45, 2.75) is 45.8 Å². The van der Waals surface area contributed by atoms with Crippen LogP contribution in [0.2, 0.25) is 0 Å². The van der Waals surface area contributed by atoms with Gasteiger partial charge in [-0.25, -0.2) is 18.4 Å². The number of halogens is 3. The van der Waals surface area contributed by atoms with Crippen LogP contribution >= 0.6 is 0 Å². The molecule has 1 amide bonds. The molecule has 4 fully saturated rings. The van der Waals surface area contributed by atoms with Crippen LogP contribution in [0.15, 0.2) is 6.20 Å². The van der Waals surface area contributed by atoms with Crippen LogP contribution in [0.5, 0.6) is 0 Å². The van der Waals surface area contributed by atoms with Gasteiger partial charge in [0.1, 0.15) is 0 Å². The SMILES string of the molecule is C[C@@H]1[C@@H](Nc2ncc(C(=O)N3CCS(=O)(=O)CC3)c(C(F)(F)F)n2)C[C@@H]2C[C@H]1C2(C)C. The van der Waals surface area contributed by atoms with E-state index < -0.39 is 33.2 Å². The molecular weight excluding hydrogens is 433 g/mol. The van der Waals surface area contributed by atoms with Crippen molar-refractivity contribution in [3.8, 4) is 0 Å². The number of fused-ring (bicyclic) bond motifs is 2. The minimum Gasteiger partial charge on any atom is -0.351 e. The molecule has 2 heterocycles. The number of carbonyl (C=O) groups is 1. The normalized spacial score (nSPS) is 31.6. The first-order chi connectivity index (χ1) is 14.3. The highest BCUT2D eigenvalue weighted by Crippen LogP contribution is 2.61. The summed E-state index contributed by atoms with van der Waals surface area (Å²) in [6, 6.07) is -0.0216. The maximum atomic E-state index is 13.7. The number of hydrogen-bond acceptors (Lipinski definition) is 6. The first-order valence-electron chi connectivity index (χ1n) is 10.5. The van der Waals surface area contributed by atoms with Crippen LogP contribution in [0.1, 0.15) is 49.7 Å². The predicted molar refractivity (Wildman–Crippen MR) is 108 cm³/mol. The summed E-state index contributed by atoms with van der Waals surface area (Å²) < 4.78 is 64.3. The highest BCUT2D eigenvalue weighted by atomic mass is 32.2. The van der Waals surface area contributed by atoms with Gasteiger partial charge in [-0.05, 0) is 36.0 Å². The Morgan fingerprint density at radius 1 is 1.23 bits per heavy atom. The molecule has 3 saturated carbocycles. The summed E-state index contributed by atoms with van der Waals surface area (Å²) in [6.07, 6.45) is -1.95. The summed E-state index contributed by atoms with van der Waals surface area (Å²) in [6.45, 7) is 6.30. The lowest BCUT2D eigenvalue weighted by atomic mass is 9.45. The van der Waals surface area contributed by atoms with Crippen molar-refractivity contribution < 1.29 is 26.4 Å². The summed E-state index contributed by atoms with van der Waals surface area (Å²) in [5, 5.41) is 3.07. The topological polar surface area (TPSA) is 92.3 Å². The van der Waals surface area contributed by atoms with Crippen LogP contribution in [0.3, 0.4) is 0 Å². The second-order valence-electron chi connectivity index (χ2n) is 9.60. The van der Waals surface area contributed by atoms with E-state index in [1.807, 2.05) is 0 Å². The van der Waals surface area contributed by atoms with Gasteiger partial charge in [-0.2, -0.15) is 13.2 Å². The summed E-state index contributed by atoms with van der Waals surface area (Å²) >= 11 is 0. The molecule has 0 radical (unpaired) electrons. The molecule has 1 N–H and O–H groups in total. The van der Waals surface area contributed by atoms with Crippen molar-refractivity contribution >= 4 is 21.7 Å². The zero-order valence-corrected chi connectivity index (χ0v) is 18.6. The Morgan fingerprint density at radius 3 is 2.42 bits per heavy atom. The van der Waals surface area contributed by atoms with Gasteiger partial charge in [0.2, 0.25) is 5.95 Å². The lowest BCUT2D eigenvalue weighted by molar-refractivity contribution is -0.141. The molecule has 1 aromatic heterocycles. The zero-order valence-electron chi connectivity index (χ0n) is 17.7. The number of aromatic nitrogens is 2. The van der Waals surface area contributed by atoms with E-state index in [2.05, 4.69) is 36.1 Å². The minimum absolute atomic E-state index is 0.0216. The minimum atomic E-state index is -4.84. The first kappa shape index (κ1) is 22.3. The number of nitrogens with zero attached hydrogens (tertiary/aromatic N) is 3. The Morgan fingerprint density at radius 2 is 1.87 bits per heavy atom. The van der Waals surface area contributed by atoms with E-state index in [1.54, 1.807) is 0 Å². The molecule has 4 atom stereocenters. The third kappa shape index (κ3) is 4.01. The van der Waals surface area contributed by atoms with E-state index in [4.69, 9.17) is 0 Å². The molecule has 0 spiro atoms. The molecule has 5 rings (SSSR count). The Labute approximate surface area is 179 Å². The van der Waals surface area contributed by atoms with Crippen LogP contribution < -0.4 is 5.32 Å². The highest BCUT2D eigenvalue weighted by molar-refractivity contribution is 7.91.